The van der Waals surface area contributed by atoms with Crippen molar-refractivity contribution < 1.29 is 9.59 Å². The average Bonchev–Trinajstić information content (AvgIpc) is 2.72. The van der Waals surface area contributed by atoms with E-state index in [4.69, 9.17) is 5.73 Å². The number of hydrogen-bond acceptors (Lipinski definition) is 3. The number of carbonyl (C=O) groups is 2. The van der Waals surface area contributed by atoms with Gasteiger partial charge in [-0.3, -0.25) is 14.5 Å². The van der Waals surface area contributed by atoms with Crippen molar-refractivity contribution in [1.29, 1.82) is 0 Å². The molecule has 3 rings (SSSR count). The van der Waals surface area contributed by atoms with Crippen LogP contribution in [0.1, 0.15) is 47.9 Å². The number of piperazine rings is 1. The van der Waals surface area contributed by atoms with Crippen molar-refractivity contribution in [2.24, 2.45) is 5.73 Å². The number of rotatable bonds is 5. The molecule has 1 saturated heterocycles. The van der Waals surface area contributed by atoms with Crippen LogP contribution in [0.5, 0.6) is 0 Å². The van der Waals surface area contributed by atoms with E-state index in [1.54, 1.807) is 12.1 Å². The molecule has 1 aliphatic heterocycles. The summed E-state index contributed by atoms with van der Waals surface area (Å²) < 4.78 is 0. The number of carbonyl (C=O) groups excluding carboxylic acids is 2. The predicted molar refractivity (Wildman–Crippen MR) is 112 cm³/mol. The molecule has 2 amide bonds. The fourth-order valence-electron chi connectivity index (χ4n) is 4.05. The second-order valence-electron chi connectivity index (χ2n) is 7.64. The smallest absolute Gasteiger partial charge is 0.253 e. The van der Waals surface area contributed by atoms with E-state index in [0.29, 0.717) is 23.2 Å². The van der Waals surface area contributed by atoms with Crippen LogP contribution in [-0.2, 0) is 0 Å². The van der Waals surface area contributed by atoms with Gasteiger partial charge in [-0.15, -0.1) is 0 Å². The van der Waals surface area contributed by atoms with E-state index in [2.05, 4.69) is 25.7 Å². The highest BCUT2D eigenvalue weighted by atomic mass is 16.2. The Bertz CT molecular complexity index is 862. The van der Waals surface area contributed by atoms with Gasteiger partial charge in [-0.1, -0.05) is 37.3 Å². The summed E-state index contributed by atoms with van der Waals surface area (Å²) in [6.07, 6.45) is 1.02. The molecule has 28 heavy (non-hydrogen) atoms. The third-order valence-electron chi connectivity index (χ3n) is 5.56. The standard InChI is InChI=1S/C23H29N3O2/c1-4-19-15-25(12-13-26(19)16(2)3)23(28)18-9-7-8-17(14-18)20-10-5-6-11-21(20)22(24)27/h5-11,14,16,19H,4,12-13,15H2,1-3H3,(H2,24,27)/t19-/m1/s1. The first-order valence-corrected chi connectivity index (χ1v) is 9.96. The third-order valence-corrected chi connectivity index (χ3v) is 5.56. The van der Waals surface area contributed by atoms with Gasteiger partial charge in [0.2, 0.25) is 5.91 Å². The van der Waals surface area contributed by atoms with Gasteiger partial charge in [-0.05, 0) is 49.6 Å². The summed E-state index contributed by atoms with van der Waals surface area (Å²) in [5, 5.41) is 0. The Kier molecular flexibility index (Phi) is 6.15. The van der Waals surface area contributed by atoms with Gasteiger partial charge in [-0.2, -0.15) is 0 Å². The average molecular weight is 380 g/mol. The van der Waals surface area contributed by atoms with Crippen LogP contribution < -0.4 is 5.73 Å². The first-order chi connectivity index (χ1) is 13.4. The van der Waals surface area contributed by atoms with E-state index < -0.39 is 5.91 Å². The molecule has 0 radical (unpaired) electrons. The van der Waals surface area contributed by atoms with Crippen molar-refractivity contribution in [2.75, 3.05) is 19.6 Å². The number of primary amides is 1. The number of amides is 2. The van der Waals surface area contributed by atoms with Crippen molar-refractivity contribution in [3.05, 3.63) is 59.7 Å². The summed E-state index contributed by atoms with van der Waals surface area (Å²) >= 11 is 0. The lowest BCUT2D eigenvalue weighted by molar-refractivity contribution is 0.0371. The van der Waals surface area contributed by atoms with Gasteiger partial charge in [0.05, 0.1) is 0 Å². The van der Waals surface area contributed by atoms with E-state index in [0.717, 1.165) is 37.2 Å². The molecule has 1 fully saturated rings. The van der Waals surface area contributed by atoms with Crippen LogP contribution in [0.4, 0.5) is 0 Å². The molecule has 2 aromatic carbocycles. The number of nitrogens with zero attached hydrogens (tertiary/aromatic N) is 2. The molecule has 0 aromatic heterocycles. The maximum absolute atomic E-state index is 13.2. The summed E-state index contributed by atoms with van der Waals surface area (Å²) in [5.41, 5.74) is 8.20. The van der Waals surface area contributed by atoms with E-state index in [9.17, 15) is 9.59 Å². The normalized spacial score (nSPS) is 17.7. The van der Waals surface area contributed by atoms with Gasteiger partial charge in [-0.25, -0.2) is 0 Å². The fraction of sp³-hybridized carbons (Fsp3) is 0.391. The molecule has 1 aliphatic rings. The molecular weight excluding hydrogens is 350 g/mol. The number of nitrogens with two attached hydrogens (primary N) is 1. The summed E-state index contributed by atoms with van der Waals surface area (Å²) in [5.74, 6) is -0.428. The molecule has 2 aromatic rings. The minimum Gasteiger partial charge on any atom is -0.366 e. The Morgan fingerprint density at radius 2 is 1.86 bits per heavy atom. The Hall–Kier alpha value is -2.66. The molecule has 5 nitrogen and oxygen atoms in total. The highest BCUT2D eigenvalue weighted by Crippen LogP contribution is 2.25. The Balaban J connectivity index is 1.85. The van der Waals surface area contributed by atoms with E-state index in [1.807, 2.05) is 41.3 Å². The van der Waals surface area contributed by atoms with Gasteiger partial charge in [0.15, 0.2) is 0 Å². The quantitative estimate of drug-likeness (QED) is 0.866. The van der Waals surface area contributed by atoms with Crippen molar-refractivity contribution >= 4 is 11.8 Å². The van der Waals surface area contributed by atoms with Gasteiger partial charge in [0.1, 0.15) is 0 Å². The molecule has 1 atom stereocenters. The van der Waals surface area contributed by atoms with E-state index >= 15 is 0 Å². The van der Waals surface area contributed by atoms with Gasteiger partial charge < -0.3 is 10.6 Å². The summed E-state index contributed by atoms with van der Waals surface area (Å²) in [6.45, 7) is 8.96. The van der Waals surface area contributed by atoms with Crippen LogP contribution >= 0.6 is 0 Å². The molecule has 2 N–H and O–H groups in total. The minimum absolute atomic E-state index is 0.0419. The molecule has 0 aliphatic carbocycles. The molecule has 1 heterocycles. The lowest BCUT2D eigenvalue weighted by Crippen LogP contribution is -2.56. The topological polar surface area (TPSA) is 66.6 Å². The van der Waals surface area contributed by atoms with Crippen LogP contribution in [0.15, 0.2) is 48.5 Å². The molecule has 0 saturated carbocycles. The lowest BCUT2D eigenvalue weighted by atomic mass is 9.97. The number of hydrogen-bond donors (Lipinski definition) is 1. The second-order valence-corrected chi connectivity index (χ2v) is 7.64. The zero-order valence-corrected chi connectivity index (χ0v) is 16.9. The monoisotopic (exact) mass is 379 g/mol. The van der Waals surface area contributed by atoms with Crippen LogP contribution in [0, 0.1) is 0 Å². The third kappa shape index (κ3) is 4.09. The van der Waals surface area contributed by atoms with Gasteiger partial charge in [0.25, 0.3) is 5.91 Å². The second kappa shape index (κ2) is 8.57. The highest BCUT2D eigenvalue weighted by molar-refractivity contribution is 6.01. The number of benzene rings is 2. The van der Waals surface area contributed by atoms with Crippen molar-refractivity contribution in [1.82, 2.24) is 9.80 Å². The summed E-state index contributed by atoms with van der Waals surface area (Å²) in [4.78, 5) is 29.3. The first-order valence-electron chi connectivity index (χ1n) is 9.96. The van der Waals surface area contributed by atoms with Crippen molar-refractivity contribution in [2.45, 2.75) is 39.3 Å². The summed E-state index contributed by atoms with van der Waals surface area (Å²) in [6, 6.07) is 15.6. The van der Waals surface area contributed by atoms with Crippen LogP contribution in [0.2, 0.25) is 0 Å². The van der Waals surface area contributed by atoms with Crippen molar-refractivity contribution in [3.63, 3.8) is 0 Å². The Morgan fingerprint density at radius 1 is 1.11 bits per heavy atom. The SMILES string of the molecule is CC[C@@H]1CN(C(=O)c2cccc(-c3ccccc3C(N)=O)c2)CCN1C(C)C. The zero-order valence-electron chi connectivity index (χ0n) is 16.9. The molecular formula is C23H29N3O2. The molecule has 148 valence electrons. The molecule has 0 spiro atoms. The van der Waals surface area contributed by atoms with Crippen LogP contribution in [-0.4, -0.2) is 53.3 Å². The lowest BCUT2D eigenvalue weighted by Gasteiger charge is -2.43. The fourth-order valence-corrected chi connectivity index (χ4v) is 4.05. The predicted octanol–water partition coefficient (Wildman–Crippen LogP) is 3.40. The van der Waals surface area contributed by atoms with Crippen LogP contribution in [0.25, 0.3) is 11.1 Å². The van der Waals surface area contributed by atoms with E-state index in [-0.39, 0.29) is 5.91 Å². The Labute approximate surface area is 167 Å². The first kappa shape index (κ1) is 20.1. The zero-order chi connectivity index (χ0) is 20.3. The largest absolute Gasteiger partial charge is 0.366 e. The van der Waals surface area contributed by atoms with Gasteiger partial charge >= 0.3 is 0 Å². The van der Waals surface area contributed by atoms with Crippen LogP contribution in [0.3, 0.4) is 0 Å². The highest BCUT2D eigenvalue weighted by Gasteiger charge is 2.30. The van der Waals surface area contributed by atoms with Gasteiger partial charge in [0, 0.05) is 42.8 Å². The van der Waals surface area contributed by atoms with Crippen molar-refractivity contribution in [3.8, 4) is 11.1 Å². The Morgan fingerprint density at radius 3 is 2.54 bits per heavy atom. The maximum Gasteiger partial charge on any atom is 0.253 e. The maximum atomic E-state index is 13.2. The molecule has 0 bridgehead atoms. The minimum atomic E-state index is -0.470. The molecule has 0 unspecified atom stereocenters. The van der Waals surface area contributed by atoms with E-state index in [1.165, 1.54) is 0 Å². The summed E-state index contributed by atoms with van der Waals surface area (Å²) in [7, 11) is 0. The molecule has 5 heteroatoms.